The van der Waals surface area contributed by atoms with Crippen molar-refractivity contribution < 1.29 is 27.9 Å². The van der Waals surface area contributed by atoms with Gasteiger partial charge in [-0.3, -0.25) is 4.79 Å². The molecule has 2 aromatic carbocycles. The normalized spacial score (nSPS) is 14.2. The molecule has 1 aliphatic heterocycles. The van der Waals surface area contributed by atoms with Crippen LogP contribution >= 0.6 is 0 Å². The van der Waals surface area contributed by atoms with Gasteiger partial charge in [-0.25, -0.2) is 9.18 Å². The van der Waals surface area contributed by atoms with Crippen molar-refractivity contribution in [2.24, 2.45) is 0 Å². The summed E-state index contributed by atoms with van der Waals surface area (Å²) in [7, 11) is 0. The van der Waals surface area contributed by atoms with E-state index in [1.54, 1.807) is 24.3 Å². The first-order valence-electron chi connectivity index (χ1n) is 7.70. The summed E-state index contributed by atoms with van der Waals surface area (Å²) in [6.07, 6.45) is 2.70. The van der Waals surface area contributed by atoms with E-state index in [1.165, 1.54) is 42.7 Å². The minimum Gasteiger partial charge on any atom is -0.457 e. The Morgan fingerprint density at radius 1 is 1.08 bits per heavy atom. The third-order valence-electron chi connectivity index (χ3n) is 3.77. The predicted octanol–water partition coefficient (Wildman–Crippen LogP) is 4.25. The maximum Gasteiger partial charge on any atom is 0.379 e. The van der Waals surface area contributed by atoms with Crippen molar-refractivity contribution in [3.05, 3.63) is 89.3 Å². The van der Waals surface area contributed by atoms with E-state index in [0.717, 1.165) is 0 Å². The molecule has 1 aliphatic rings. The summed E-state index contributed by atoms with van der Waals surface area (Å²) in [5.74, 6) is -0.997. The summed E-state index contributed by atoms with van der Waals surface area (Å²) in [5.41, 5.74) is 0.554. The fraction of sp³-hybridized carbons (Fsp3) is 0. The second-order valence-electron chi connectivity index (χ2n) is 5.49. The lowest BCUT2D eigenvalue weighted by atomic mass is 10.1. The van der Waals surface area contributed by atoms with E-state index in [9.17, 15) is 14.0 Å². The minimum atomic E-state index is -0.665. The van der Waals surface area contributed by atoms with Gasteiger partial charge in [0, 0.05) is 11.6 Å². The molecule has 0 saturated heterocycles. The first-order valence-corrected chi connectivity index (χ1v) is 7.70. The number of rotatable bonds is 3. The van der Waals surface area contributed by atoms with Crippen molar-refractivity contribution in [3.63, 3.8) is 0 Å². The first kappa shape index (κ1) is 15.8. The number of benzene rings is 2. The van der Waals surface area contributed by atoms with E-state index in [4.69, 9.17) is 13.9 Å². The first-order chi connectivity index (χ1) is 12.6. The van der Waals surface area contributed by atoms with Gasteiger partial charge in [0.2, 0.25) is 11.5 Å². The van der Waals surface area contributed by atoms with Crippen LogP contribution in [0.3, 0.4) is 0 Å². The highest BCUT2D eigenvalue weighted by Crippen LogP contribution is 2.35. The molecule has 0 amide bonds. The van der Waals surface area contributed by atoms with Crippen molar-refractivity contribution in [1.82, 2.24) is 0 Å². The molecule has 0 N–H and O–H groups in total. The average molecular weight is 350 g/mol. The van der Waals surface area contributed by atoms with Gasteiger partial charge >= 0.3 is 5.97 Å². The number of furan rings is 1. The number of hydrogen-bond acceptors (Lipinski definition) is 5. The van der Waals surface area contributed by atoms with Gasteiger partial charge in [0.25, 0.3) is 0 Å². The van der Waals surface area contributed by atoms with Crippen LogP contribution in [0.4, 0.5) is 4.39 Å². The van der Waals surface area contributed by atoms with E-state index in [1.807, 2.05) is 0 Å². The molecule has 0 spiro atoms. The summed E-state index contributed by atoms with van der Waals surface area (Å²) >= 11 is 0. The van der Waals surface area contributed by atoms with E-state index in [0.29, 0.717) is 5.56 Å². The highest BCUT2D eigenvalue weighted by molar-refractivity contribution is 6.14. The van der Waals surface area contributed by atoms with E-state index in [2.05, 4.69) is 0 Å². The van der Waals surface area contributed by atoms with Crippen LogP contribution in [0.25, 0.3) is 6.08 Å². The molecular weight excluding hydrogens is 339 g/mol. The smallest absolute Gasteiger partial charge is 0.379 e. The molecule has 0 saturated carbocycles. The monoisotopic (exact) mass is 350 g/mol. The quantitative estimate of drug-likeness (QED) is 0.401. The largest absolute Gasteiger partial charge is 0.457 e. The molecule has 4 rings (SSSR count). The Bertz CT molecular complexity index is 1030. The fourth-order valence-corrected chi connectivity index (χ4v) is 2.52. The van der Waals surface area contributed by atoms with Crippen LogP contribution in [-0.4, -0.2) is 11.8 Å². The van der Waals surface area contributed by atoms with Gasteiger partial charge in [-0.2, -0.15) is 0 Å². The lowest BCUT2D eigenvalue weighted by molar-refractivity contribution is 0.0701. The number of carbonyl (C=O) groups is 2. The third kappa shape index (κ3) is 2.88. The van der Waals surface area contributed by atoms with E-state index in [-0.39, 0.29) is 34.4 Å². The van der Waals surface area contributed by atoms with Crippen LogP contribution in [0, 0.1) is 5.82 Å². The number of fused-ring (bicyclic) bond motifs is 1. The van der Waals surface area contributed by atoms with Crippen molar-refractivity contribution in [1.29, 1.82) is 0 Å². The van der Waals surface area contributed by atoms with Crippen molar-refractivity contribution in [2.75, 3.05) is 0 Å². The molecule has 0 aliphatic carbocycles. The molecule has 0 atom stereocenters. The van der Waals surface area contributed by atoms with Crippen molar-refractivity contribution in [3.8, 4) is 11.5 Å². The third-order valence-corrected chi connectivity index (χ3v) is 3.77. The van der Waals surface area contributed by atoms with Gasteiger partial charge in [0.15, 0.2) is 5.76 Å². The number of ketones is 1. The van der Waals surface area contributed by atoms with Crippen LogP contribution in [-0.2, 0) is 0 Å². The molecule has 0 radical (unpaired) electrons. The number of Topliss-reactive ketones (excluding diaryl/α,β-unsaturated/α-hetero) is 1. The standard InChI is InChI=1S/C20H11FO5/c21-15-5-2-1-4-12(15)10-18-19(22)14-8-7-13(11-17(14)26-18)25-20(23)16-6-3-9-24-16/h1-11H/b18-10+. The Morgan fingerprint density at radius 3 is 2.69 bits per heavy atom. The summed E-state index contributed by atoms with van der Waals surface area (Å²) in [6.45, 7) is 0. The van der Waals surface area contributed by atoms with Crippen molar-refractivity contribution >= 4 is 17.8 Å². The number of esters is 1. The van der Waals surface area contributed by atoms with E-state index < -0.39 is 11.8 Å². The molecular formula is C20H11FO5. The molecule has 0 bridgehead atoms. The lowest BCUT2D eigenvalue weighted by Gasteiger charge is -2.04. The molecule has 26 heavy (non-hydrogen) atoms. The zero-order valence-corrected chi connectivity index (χ0v) is 13.3. The van der Waals surface area contributed by atoms with E-state index >= 15 is 0 Å². The van der Waals surface area contributed by atoms with Gasteiger partial charge in [0.1, 0.15) is 17.3 Å². The summed E-state index contributed by atoms with van der Waals surface area (Å²) in [4.78, 5) is 24.3. The summed E-state index contributed by atoms with van der Waals surface area (Å²) in [6, 6.07) is 13.5. The fourth-order valence-electron chi connectivity index (χ4n) is 2.52. The number of halogens is 1. The summed E-state index contributed by atoms with van der Waals surface area (Å²) < 4.78 is 29.4. The Kier molecular flexibility index (Phi) is 3.85. The zero-order valence-electron chi connectivity index (χ0n) is 13.3. The molecule has 6 heteroatoms. The van der Waals surface area contributed by atoms with Crippen molar-refractivity contribution in [2.45, 2.75) is 0 Å². The van der Waals surface area contributed by atoms with Gasteiger partial charge < -0.3 is 13.9 Å². The number of ether oxygens (including phenoxy) is 2. The molecule has 128 valence electrons. The molecule has 1 aromatic heterocycles. The zero-order chi connectivity index (χ0) is 18.1. The van der Waals surface area contributed by atoms with Crippen LogP contribution in [0.1, 0.15) is 26.5 Å². The highest BCUT2D eigenvalue weighted by Gasteiger charge is 2.28. The van der Waals surface area contributed by atoms with Crippen LogP contribution in [0.15, 0.2) is 71.0 Å². The lowest BCUT2D eigenvalue weighted by Crippen LogP contribution is -2.07. The van der Waals surface area contributed by atoms with Crippen LogP contribution in [0.2, 0.25) is 0 Å². The van der Waals surface area contributed by atoms with Gasteiger partial charge in [0.05, 0.1) is 11.8 Å². The Balaban J connectivity index is 1.59. The SMILES string of the molecule is O=C(Oc1ccc2c(c1)O/C(=C/c1ccccc1F)C2=O)c1ccco1. The van der Waals surface area contributed by atoms with Crippen LogP contribution in [0.5, 0.6) is 11.5 Å². The van der Waals surface area contributed by atoms with Gasteiger partial charge in [-0.05, 0) is 36.4 Å². The number of carbonyl (C=O) groups excluding carboxylic acids is 2. The van der Waals surface area contributed by atoms with Gasteiger partial charge in [-0.1, -0.05) is 18.2 Å². The minimum absolute atomic E-state index is 0.000360. The molecule has 0 unspecified atom stereocenters. The second-order valence-corrected chi connectivity index (χ2v) is 5.49. The van der Waals surface area contributed by atoms with Gasteiger partial charge in [-0.15, -0.1) is 0 Å². The average Bonchev–Trinajstić information content (AvgIpc) is 3.26. The topological polar surface area (TPSA) is 65.7 Å². The second kappa shape index (κ2) is 6.33. The maximum absolute atomic E-state index is 13.8. The number of hydrogen-bond donors (Lipinski definition) is 0. The predicted molar refractivity (Wildman–Crippen MR) is 89.4 cm³/mol. The maximum atomic E-state index is 13.8. The van der Waals surface area contributed by atoms with Crippen LogP contribution < -0.4 is 9.47 Å². The molecule has 2 heterocycles. The summed E-state index contributed by atoms with van der Waals surface area (Å²) in [5, 5.41) is 0. The Hall–Kier alpha value is -3.67. The Labute approximate surface area is 147 Å². The highest BCUT2D eigenvalue weighted by atomic mass is 19.1. The number of allylic oxidation sites excluding steroid dienone is 1. The molecule has 5 nitrogen and oxygen atoms in total. The molecule has 3 aromatic rings. The molecule has 0 fully saturated rings. The Morgan fingerprint density at radius 2 is 1.92 bits per heavy atom.